The number of pyridine rings is 1. The van der Waals surface area contributed by atoms with Crippen molar-refractivity contribution in [1.82, 2.24) is 35.4 Å². The second-order valence-electron chi connectivity index (χ2n) is 22.3. The highest BCUT2D eigenvalue weighted by Gasteiger charge is 2.50. The summed E-state index contributed by atoms with van der Waals surface area (Å²) in [6.45, 7) is 15.4. The number of rotatable bonds is 12. The minimum atomic E-state index is -0.781. The Morgan fingerprint density at radius 1 is 0.861 bits per heavy atom. The van der Waals surface area contributed by atoms with Crippen LogP contribution >= 0.6 is 0 Å². The number of carbonyl (C=O) groups excluding carboxylic acids is 3. The summed E-state index contributed by atoms with van der Waals surface area (Å²) in [5, 5.41) is 18.5. The van der Waals surface area contributed by atoms with Crippen molar-refractivity contribution < 1.29 is 33.0 Å². The molecule has 0 radical (unpaired) electrons. The number of fused-ring (bicyclic) bond motifs is 5. The van der Waals surface area contributed by atoms with Crippen LogP contribution in [0.15, 0.2) is 48.7 Å². The Balaban J connectivity index is 0.689. The van der Waals surface area contributed by atoms with Crippen LogP contribution in [0.1, 0.15) is 83.3 Å². The Hall–Kier alpha value is -6.04. The molecule has 3 atom stereocenters. The van der Waals surface area contributed by atoms with E-state index in [0.29, 0.717) is 70.6 Å². The third kappa shape index (κ3) is 8.48. The van der Waals surface area contributed by atoms with Crippen LogP contribution in [0.25, 0.3) is 32.9 Å². The molecule has 7 aliphatic rings. The molecule has 17 heteroatoms. The van der Waals surface area contributed by atoms with Gasteiger partial charge in [0.05, 0.1) is 17.4 Å². The number of phenols is 1. The summed E-state index contributed by atoms with van der Waals surface area (Å²) in [5.41, 5.74) is 2.79. The van der Waals surface area contributed by atoms with Crippen LogP contribution < -0.4 is 30.1 Å². The summed E-state index contributed by atoms with van der Waals surface area (Å²) in [7, 11) is 0. The Morgan fingerprint density at radius 2 is 1.62 bits per heavy atom. The maximum Gasteiger partial charge on any atom is 0.319 e. The van der Waals surface area contributed by atoms with Gasteiger partial charge in [-0.15, -0.1) is 0 Å². The fraction of sp³-hybridized carbons (Fsp3) is 0.527. The number of ether oxygens (including phenoxy) is 1. The Kier molecular flexibility index (Phi) is 11.9. The molecule has 3 amide bonds. The molecule has 0 spiro atoms. The number of aryl methyl sites for hydroxylation is 1. The van der Waals surface area contributed by atoms with E-state index < -0.39 is 23.2 Å². The topological polar surface area (TPSA) is 160 Å². The standard InChI is InChI=1S/C55H64F2N10O5/c1-4-38-42(56)9-5-33-23-37(68)25-39(46(33)38)48-47(57)49-40(26-58-48)50(66-28-34-6-7-35(29-66)59-34)62-53(61-49)72-31-55(15-16-55)30-64-17-13-32(14-18-64)27-63-19-21-65(22-20-63)36-8-10-43-41(24-36)54(2,3)52(71)67(43)44-11-12-45(69)60-51(44)70/h5,8-10,23-26,32,34-35,44,59,68H,4,6-7,11-22,27-31H2,1-3H3,(H,60,69,70). The van der Waals surface area contributed by atoms with Crippen molar-refractivity contribution in [2.45, 2.75) is 102 Å². The average Bonchev–Trinajstić information content (AvgIpc) is 4.01. The summed E-state index contributed by atoms with van der Waals surface area (Å²) >= 11 is 0. The SMILES string of the molecule is CCc1c(F)ccc2cc(O)cc(-c3ncc4c(N5CC6CCC(C5)N6)nc(OCC5(CN6CCC(CN7CCN(c8ccc9c(c8)C(C)(C)C(=O)N9C8CCC(=O)NC8=O)CC7)CC6)CC5)nc4c3F)c12. The molecule has 8 heterocycles. The second kappa shape index (κ2) is 18.2. The van der Waals surface area contributed by atoms with Crippen LogP contribution in [-0.4, -0.2) is 138 Å². The zero-order valence-electron chi connectivity index (χ0n) is 41.5. The monoisotopic (exact) mass is 983 g/mol. The van der Waals surface area contributed by atoms with Gasteiger partial charge in [0.25, 0.3) is 0 Å². The molecule has 378 valence electrons. The quantitative estimate of drug-likeness (QED) is 0.117. The number of benzene rings is 3. The molecule has 1 saturated carbocycles. The van der Waals surface area contributed by atoms with Crippen LogP contribution in [0.3, 0.4) is 0 Å². The number of halogens is 2. The molecule has 15 nitrogen and oxygen atoms in total. The number of nitrogens with zero attached hydrogens (tertiary/aromatic N) is 8. The van der Waals surface area contributed by atoms with Gasteiger partial charge in [0.1, 0.15) is 34.6 Å². The summed E-state index contributed by atoms with van der Waals surface area (Å²) in [5.74, 6) is -0.703. The molecule has 3 N–H and O–H groups in total. The van der Waals surface area contributed by atoms with Gasteiger partial charge in [0, 0.05) is 99.4 Å². The lowest BCUT2D eigenvalue weighted by Gasteiger charge is -2.40. The zero-order valence-corrected chi connectivity index (χ0v) is 41.5. The number of aromatic nitrogens is 3. The van der Waals surface area contributed by atoms with Crippen molar-refractivity contribution in [3.63, 3.8) is 0 Å². The first kappa shape index (κ1) is 47.0. The van der Waals surface area contributed by atoms with E-state index in [4.69, 9.17) is 14.7 Å². The fourth-order valence-electron chi connectivity index (χ4n) is 12.8. The first-order valence-corrected chi connectivity index (χ1v) is 26.2. The van der Waals surface area contributed by atoms with E-state index in [1.807, 2.05) is 26.8 Å². The first-order chi connectivity index (χ1) is 34.7. The van der Waals surface area contributed by atoms with Crippen LogP contribution in [0.2, 0.25) is 0 Å². The molecule has 72 heavy (non-hydrogen) atoms. The summed E-state index contributed by atoms with van der Waals surface area (Å²) in [6.07, 6.45) is 9.03. The van der Waals surface area contributed by atoms with Crippen LogP contribution in [0, 0.1) is 23.0 Å². The number of piperazine rings is 2. The van der Waals surface area contributed by atoms with Gasteiger partial charge in [-0.2, -0.15) is 9.97 Å². The number of hydrogen-bond acceptors (Lipinski definition) is 13. The number of nitrogens with one attached hydrogen (secondary N) is 2. The molecule has 3 aromatic carbocycles. The van der Waals surface area contributed by atoms with E-state index in [9.17, 15) is 19.5 Å². The number of imide groups is 1. The van der Waals surface area contributed by atoms with Gasteiger partial charge < -0.3 is 29.9 Å². The predicted molar refractivity (Wildman–Crippen MR) is 271 cm³/mol. The van der Waals surface area contributed by atoms with Crippen molar-refractivity contribution in [1.29, 1.82) is 0 Å². The molecule has 12 rings (SSSR count). The van der Waals surface area contributed by atoms with Crippen LogP contribution in [0.4, 0.5) is 26.0 Å². The van der Waals surface area contributed by atoms with E-state index in [2.05, 4.69) is 47.3 Å². The van der Waals surface area contributed by atoms with Gasteiger partial charge in [-0.05, 0) is 143 Å². The molecular formula is C55H64F2N10O5. The van der Waals surface area contributed by atoms with Crippen molar-refractivity contribution in [3.05, 3.63) is 71.4 Å². The predicted octanol–water partition coefficient (Wildman–Crippen LogP) is 6.45. The van der Waals surface area contributed by atoms with Crippen molar-refractivity contribution in [2.24, 2.45) is 11.3 Å². The Morgan fingerprint density at radius 3 is 2.35 bits per heavy atom. The van der Waals surface area contributed by atoms with E-state index in [1.54, 1.807) is 23.2 Å². The molecule has 2 bridgehead atoms. The van der Waals surface area contributed by atoms with Gasteiger partial charge in [-0.25, -0.2) is 8.78 Å². The normalized spacial score (nSPS) is 24.4. The second-order valence-corrected chi connectivity index (χ2v) is 22.3. The van der Waals surface area contributed by atoms with E-state index in [-0.39, 0.29) is 52.4 Å². The van der Waals surface area contributed by atoms with Gasteiger partial charge >= 0.3 is 6.01 Å². The maximum atomic E-state index is 17.2. The molecule has 1 aliphatic carbocycles. The van der Waals surface area contributed by atoms with Gasteiger partial charge in [-0.3, -0.25) is 34.5 Å². The third-order valence-electron chi connectivity index (χ3n) is 17.1. The molecule has 6 aliphatic heterocycles. The summed E-state index contributed by atoms with van der Waals surface area (Å²) in [4.78, 5) is 64.2. The number of amides is 3. The number of phenolic OH excluding ortho intramolecular Hbond substituents is 1. The van der Waals surface area contributed by atoms with Gasteiger partial charge in [0.15, 0.2) is 5.82 Å². The maximum absolute atomic E-state index is 17.2. The van der Waals surface area contributed by atoms with Gasteiger partial charge in [-0.1, -0.05) is 13.0 Å². The largest absolute Gasteiger partial charge is 0.508 e. The first-order valence-electron chi connectivity index (χ1n) is 26.2. The number of aromatic hydroxyl groups is 1. The Bertz CT molecular complexity index is 2990. The number of carbonyl (C=O) groups is 3. The smallest absolute Gasteiger partial charge is 0.319 e. The lowest BCUT2D eigenvalue weighted by atomic mass is 9.86. The van der Waals surface area contributed by atoms with E-state index in [1.165, 1.54) is 12.1 Å². The summed E-state index contributed by atoms with van der Waals surface area (Å²) < 4.78 is 38.9. The van der Waals surface area contributed by atoms with Gasteiger partial charge in [0.2, 0.25) is 17.7 Å². The minimum absolute atomic E-state index is 0.00869. The molecular weight excluding hydrogens is 919 g/mol. The number of anilines is 3. The number of piperidine rings is 2. The average molecular weight is 983 g/mol. The highest BCUT2D eigenvalue weighted by Crippen LogP contribution is 2.48. The van der Waals surface area contributed by atoms with Crippen LogP contribution in [0.5, 0.6) is 11.8 Å². The van der Waals surface area contributed by atoms with Crippen LogP contribution in [-0.2, 0) is 26.2 Å². The van der Waals surface area contributed by atoms with Crippen molar-refractivity contribution >= 4 is 56.6 Å². The Labute approximate surface area is 418 Å². The summed E-state index contributed by atoms with van der Waals surface area (Å²) in [6, 6.07) is 12.3. The fourth-order valence-corrected chi connectivity index (χ4v) is 12.8. The molecule has 5 saturated heterocycles. The van der Waals surface area contributed by atoms with E-state index >= 15 is 8.78 Å². The lowest BCUT2D eigenvalue weighted by molar-refractivity contribution is -0.136. The highest BCUT2D eigenvalue weighted by molar-refractivity contribution is 6.14. The number of likely N-dealkylation sites (tertiary alicyclic amines) is 1. The molecule has 2 aromatic heterocycles. The minimum Gasteiger partial charge on any atom is -0.508 e. The van der Waals surface area contributed by atoms with Crippen molar-refractivity contribution in [3.8, 4) is 23.0 Å². The molecule has 3 unspecified atom stereocenters. The van der Waals surface area contributed by atoms with E-state index in [0.717, 1.165) is 121 Å². The third-order valence-corrected chi connectivity index (χ3v) is 17.1. The van der Waals surface area contributed by atoms with Crippen molar-refractivity contribution in [2.75, 3.05) is 86.8 Å². The zero-order chi connectivity index (χ0) is 49.6. The molecule has 6 fully saturated rings. The molecule has 5 aromatic rings. The lowest BCUT2D eigenvalue weighted by Crippen LogP contribution is -2.55. The highest BCUT2D eigenvalue weighted by atomic mass is 19.1. The number of hydrogen-bond donors (Lipinski definition) is 3.